The van der Waals surface area contributed by atoms with E-state index in [0.29, 0.717) is 41.7 Å². The highest BCUT2D eigenvalue weighted by atomic mass is 79.9. The Bertz CT molecular complexity index is 1080. The number of nitrogens with one attached hydrogen (secondary N) is 3. The van der Waals surface area contributed by atoms with Gasteiger partial charge in [0.25, 0.3) is 11.8 Å². The highest BCUT2D eigenvalue weighted by molar-refractivity contribution is 9.11. The van der Waals surface area contributed by atoms with Crippen molar-refractivity contribution >= 4 is 34.0 Å². The van der Waals surface area contributed by atoms with E-state index in [1.165, 1.54) is 13.0 Å². The van der Waals surface area contributed by atoms with Crippen LogP contribution in [0.1, 0.15) is 52.9 Å². The second-order valence-corrected chi connectivity index (χ2v) is 10.7. The van der Waals surface area contributed by atoms with Crippen LogP contribution in [0, 0.1) is 10.1 Å². The molecule has 0 aromatic rings. The molecule has 1 fully saturated rings. The Hall–Kier alpha value is -3.25. The number of allylic oxidation sites excluding steroid dienone is 5. The zero-order valence-electron chi connectivity index (χ0n) is 25.0. The molecule has 1 saturated heterocycles. The summed E-state index contributed by atoms with van der Waals surface area (Å²) in [6, 6.07) is 0.0554. The lowest BCUT2D eigenvalue weighted by molar-refractivity contribution is -0.424. The molecule has 11 nitrogen and oxygen atoms in total. The highest BCUT2D eigenvalue weighted by Gasteiger charge is 2.21. The molecule has 0 bridgehead atoms. The summed E-state index contributed by atoms with van der Waals surface area (Å²) < 4.78 is 5.85. The van der Waals surface area contributed by atoms with E-state index in [2.05, 4.69) is 36.9 Å². The third-order valence-electron chi connectivity index (χ3n) is 6.57. The molecule has 1 rings (SSSR count). The summed E-state index contributed by atoms with van der Waals surface area (Å²) in [7, 11) is 5.04. The van der Waals surface area contributed by atoms with Gasteiger partial charge < -0.3 is 25.6 Å². The number of carbonyl (C=O) groups is 2. The maximum atomic E-state index is 13.3. The Morgan fingerprint density at radius 1 is 1.22 bits per heavy atom. The average Bonchev–Trinajstić information content (AvgIpc) is 2.94. The van der Waals surface area contributed by atoms with E-state index >= 15 is 0 Å². The molecule has 2 amide bonds. The summed E-state index contributed by atoms with van der Waals surface area (Å²) in [5, 5.41) is 20.2. The summed E-state index contributed by atoms with van der Waals surface area (Å²) in [6.07, 6.45) is 13.6. The largest absolute Gasteiger partial charge is 0.387 e. The van der Waals surface area contributed by atoms with Crippen molar-refractivity contribution in [3.8, 4) is 0 Å². The SMILES string of the molecule is C/C=C(\C=C(/C=NC)NC)C(=O)N1CCCCC(N/C=C(/C=C(/Br)C/C=C(\C)[N+](=O)[O-])C(=O)NCC(C)OC)CC1. The molecule has 0 aromatic carbocycles. The van der Waals surface area contributed by atoms with Gasteiger partial charge in [-0.2, -0.15) is 0 Å². The topological polar surface area (TPSA) is 138 Å². The van der Waals surface area contributed by atoms with E-state index in [1.807, 2.05) is 24.8 Å². The maximum absolute atomic E-state index is 13.3. The maximum Gasteiger partial charge on any atom is 0.253 e. The van der Waals surface area contributed by atoms with Crippen molar-refractivity contribution in [1.82, 2.24) is 20.9 Å². The van der Waals surface area contributed by atoms with E-state index in [0.717, 1.165) is 25.0 Å². The van der Waals surface area contributed by atoms with Crippen molar-refractivity contribution in [2.75, 3.05) is 40.8 Å². The molecule has 12 heteroatoms. The van der Waals surface area contributed by atoms with Crippen LogP contribution in [0.5, 0.6) is 0 Å². The zero-order valence-corrected chi connectivity index (χ0v) is 26.6. The summed E-state index contributed by atoms with van der Waals surface area (Å²) in [5.41, 5.74) is 1.75. The fourth-order valence-electron chi connectivity index (χ4n) is 3.91. The van der Waals surface area contributed by atoms with E-state index in [9.17, 15) is 19.7 Å². The molecule has 0 aliphatic carbocycles. The number of rotatable bonds is 14. The van der Waals surface area contributed by atoms with Gasteiger partial charge in [-0.25, -0.2) is 0 Å². The standard InChI is InChI=1S/C29H45BrN6O5/c1-7-23(17-27(32-5)20-31-4)29(38)35-14-9-8-10-26(13-15-35)33-19-24(28(37)34-18-22(3)41-6)16-25(30)12-11-21(2)36(39)40/h7,11,16-17,19-20,22,26,32-33H,8-10,12-15,18H2,1-6H3,(H,34,37)/b21-11+,23-7+,24-19-,25-16+,27-17+,31-20?. The van der Waals surface area contributed by atoms with Gasteiger partial charge in [-0.15, -0.1) is 0 Å². The first kappa shape index (κ1) is 35.8. The number of halogens is 1. The van der Waals surface area contributed by atoms with Crippen molar-refractivity contribution in [2.45, 2.75) is 65.0 Å². The van der Waals surface area contributed by atoms with Gasteiger partial charge in [-0.05, 0) is 62.2 Å². The molecule has 0 aromatic heterocycles. The molecular formula is C29H45BrN6O5. The lowest BCUT2D eigenvalue weighted by atomic mass is 10.0. The molecule has 1 heterocycles. The van der Waals surface area contributed by atoms with Gasteiger partial charge >= 0.3 is 0 Å². The van der Waals surface area contributed by atoms with Crippen LogP contribution < -0.4 is 16.0 Å². The minimum atomic E-state index is -0.450. The molecule has 228 valence electrons. The van der Waals surface area contributed by atoms with Gasteiger partial charge in [0.05, 0.1) is 22.3 Å². The molecule has 0 radical (unpaired) electrons. The van der Waals surface area contributed by atoms with Crippen molar-refractivity contribution in [1.29, 1.82) is 0 Å². The van der Waals surface area contributed by atoms with Gasteiger partial charge in [0.2, 0.25) is 5.70 Å². The normalized spacial score (nSPS) is 19.0. The van der Waals surface area contributed by atoms with Crippen LogP contribution in [0.3, 0.4) is 0 Å². The Morgan fingerprint density at radius 2 is 1.95 bits per heavy atom. The smallest absolute Gasteiger partial charge is 0.253 e. The van der Waals surface area contributed by atoms with Crippen LogP contribution >= 0.6 is 15.9 Å². The summed E-state index contributed by atoms with van der Waals surface area (Å²) >= 11 is 3.44. The number of carbonyl (C=O) groups excluding carboxylic acids is 2. The van der Waals surface area contributed by atoms with Gasteiger partial charge in [-0.1, -0.05) is 22.0 Å². The van der Waals surface area contributed by atoms with E-state index in [-0.39, 0.29) is 36.1 Å². The number of nitrogens with zero attached hydrogens (tertiary/aromatic N) is 3. The fraction of sp³-hybridized carbons (Fsp3) is 0.552. The second-order valence-electron chi connectivity index (χ2n) is 9.68. The monoisotopic (exact) mass is 636 g/mol. The van der Waals surface area contributed by atoms with E-state index in [4.69, 9.17) is 4.74 Å². The summed E-state index contributed by atoms with van der Waals surface area (Å²) in [6.45, 7) is 6.71. The van der Waals surface area contributed by atoms with Crippen molar-refractivity contribution in [3.63, 3.8) is 0 Å². The number of nitro groups is 1. The second kappa shape index (κ2) is 19.8. The Labute approximate surface area is 252 Å². The predicted molar refractivity (Wildman–Crippen MR) is 167 cm³/mol. The molecule has 2 atom stereocenters. The minimum Gasteiger partial charge on any atom is -0.387 e. The van der Waals surface area contributed by atoms with Crippen LogP contribution in [-0.2, 0) is 14.3 Å². The molecule has 1 aliphatic rings. The average molecular weight is 638 g/mol. The van der Waals surface area contributed by atoms with Crippen molar-refractivity contribution in [2.24, 2.45) is 4.99 Å². The Balaban J connectivity index is 3.07. The fourth-order valence-corrected chi connectivity index (χ4v) is 4.32. The number of methoxy groups -OCH3 is 1. The van der Waals surface area contributed by atoms with Crippen LogP contribution in [0.2, 0.25) is 0 Å². The van der Waals surface area contributed by atoms with Gasteiger partial charge in [-0.3, -0.25) is 24.7 Å². The number of aliphatic imine (C=N–C) groups is 1. The Morgan fingerprint density at radius 3 is 2.56 bits per heavy atom. The first-order valence-corrected chi connectivity index (χ1v) is 14.6. The number of likely N-dealkylation sites (tertiary alicyclic amines) is 1. The highest BCUT2D eigenvalue weighted by Crippen LogP contribution is 2.18. The molecule has 3 N–H and O–H groups in total. The van der Waals surface area contributed by atoms with E-state index in [1.54, 1.807) is 45.8 Å². The lowest BCUT2D eigenvalue weighted by Gasteiger charge is -2.29. The van der Waals surface area contributed by atoms with Crippen LogP contribution in [0.25, 0.3) is 0 Å². The third-order valence-corrected chi connectivity index (χ3v) is 7.13. The summed E-state index contributed by atoms with van der Waals surface area (Å²) in [4.78, 5) is 42.7. The molecule has 41 heavy (non-hydrogen) atoms. The number of amides is 2. The molecule has 0 saturated carbocycles. The van der Waals surface area contributed by atoms with Crippen molar-refractivity contribution in [3.05, 3.63) is 67.6 Å². The molecular weight excluding hydrogens is 592 g/mol. The molecule has 0 spiro atoms. The summed E-state index contributed by atoms with van der Waals surface area (Å²) in [5.74, 6) is -0.324. The first-order valence-electron chi connectivity index (χ1n) is 13.8. The van der Waals surface area contributed by atoms with Gasteiger partial charge in [0, 0.05) is 78.2 Å². The zero-order chi connectivity index (χ0) is 30.8. The first-order chi connectivity index (χ1) is 19.6. The molecule has 1 aliphatic heterocycles. The Kier molecular flexibility index (Phi) is 17.2. The predicted octanol–water partition coefficient (Wildman–Crippen LogP) is 3.98. The van der Waals surface area contributed by atoms with Gasteiger partial charge in [0.1, 0.15) is 0 Å². The quantitative estimate of drug-likeness (QED) is 0.0862. The van der Waals surface area contributed by atoms with Crippen LogP contribution in [0.4, 0.5) is 0 Å². The number of ether oxygens (including phenoxy) is 1. The lowest BCUT2D eigenvalue weighted by Crippen LogP contribution is -2.39. The van der Waals surface area contributed by atoms with Crippen LogP contribution in [0.15, 0.2) is 62.5 Å². The van der Waals surface area contributed by atoms with Crippen LogP contribution in [-0.4, -0.2) is 80.8 Å². The third kappa shape index (κ3) is 13.8. The minimum absolute atomic E-state index is 0.0294. The number of hydrogen-bond donors (Lipinski definition) is 3. The van der Waals surface area contributed by atoms with Gasteiger partial charge in [0.15, 0.2) is 0 Å². The van der Waals surface area contributed by atoms with E-state index < -0.39 is 4.92 Å². The number of hydrogen-bond acceptors (Lipinski definition) is 8. The molecule has 2 unspecified atom stereocenters. The van der Waals surface area contributed by atoms with Crippen molar-refractivity contribution < 1.29 is 19.2 Å².